The maximum absolute atomic E-state index is 11.4. The molecule has 0 radical (unpaired) electrons. The van der Waals surface area contributed by atoms with Crippen LogP contribution in [0.3, 0.4) is 0 Å². The van der Waals surface area contributed by atoms with Crippen LogP contribution in [-0.2, 0) is 10.5 Å². The van der Waals surface area contributed by atoms with Crippen LogP contribution in [-0.4, -0.2) is 13.1 Å². The van der Waals surface area contributed by atoms with Crippen LogP contribution in [0.1, 0.15) is 15.9 Å². The molecule has 2 nitrogen and oxygen atoms in total. The quantitative estimate of drug-likeness (QED) is 0.616. The number of carbonyl (C=O) groups excluding carboxylic acids is 1. The summed E-state index contributed by atoms with van der Waals surface area (Å²) in [6.07, 6.45) is 0. The summed E-state index contributed by atoms with van der Waals surface area (Å²) in [4.78, 5) is 12.6. The highest BCUT2D eigenvalue weighted by Crippen LogP contribution is 2.24. The number of carbonyl (C=O) groups is 1. The maximum atomic E-state index is 11.4. The molecule has 0 aliphatic heterocycles. The molecular weight excluding hydrogens is 280 g/mol. The fourth-order valence-corrected chi connectivity index (χ4v) is 2.57. The third-order valence-corrected chi connectivity index (χ3v) is 3.90. The summed E-state index contributed by atoms with van der Waals surface area (Å²) in [5.74, 6) is 0.491. The van der Waals surface area contributed by atoms with Gasteiger partial charge < -0.3 is 4.74 Å². The summed E-state index contributed by atoms with van der Waals surface area (Å²) in [5.41, 5.74) is 1.67. The molecule has 0 spiro atoms. The van der Waals surface area contributed by atoms with Crippen LogP contribution >= 0.6 is 23.4 Å². The SMILES string of the molecule is COC(=O)c1cccc(CSc2ccc(Cl)cc2)c1. The van der Waals surface area contributed by atoms with Crippen molar-refractivity contribution in [1.82, 2.24) is 0 Å². The zero-order valence-corrected chi connectivity index (χ0v) is 12.0. The lowest BCUT2D eigenvalue weighted by Gasteiger charge is -2.04. The first-order valence-electron chi connectivity index (χ1n) is 5.74. The van der Waals surface area contributed by atoms with Gasteiger partial charge in [-0.2, -0.15) is 0 Å². The topological polar surface area (TPSA) is 26.3 Å². The van der Waals surface area contributed by atoms with Crippen LogP contribution in [0.4, 0.5) is 0 Å². The lowest BCUT2D eigenvalue weighted by atomic mass is 10.1. The molecule has 0 amide bonds. The van der Waals surface area contributed by atoms with Crippen molar-refractivity contribution >= 4 is 29.3 Å². The van der Waals surface area contributed by atoms with Crippen molar-refractivity contribution in [3.63, 3.8) is 0 Å². The van der Waals surface area contributed by atoms with Gasteiger partial charge in [-0.15, -0.1) is 11.8 Å². The number of esters is 1. The molecule has 4 heteroatoms. The molecule has 0 fully saturated rings. The van der Waals surface area contributed by atoms with E-state index in [1.807, 2.05) is 42.5 Å². The zero-order valence-electron chi connectivity index (χ0n) is 10.4. The summed E-state index contributed by atoms with van der Waals surface area (Å²) in [7, 11) is 1.39. The number of hydrogen-bond donors (Lipinski definition) is 0. The maximum Gasteiger partial charge on any atom is 0.337 e. The number of hydrogen-bond acceptors (Lipinski definition) is 3. The van der Waals surface area contributed by atoms with E-state index in [2.05, 4.69) is 0 Å². The van der Waals surface area contributed by atoms with Crippen LogP contribution in [0.2, 0.25) is 5.02 Å². The Morgan fingerprint density at radius 3 is 2.63 bits per heavy atom. The van der Waals surface area contributed by atoms with E-state index >= 15 is 0 Å². The molecule has 0 unspecified atom stereocenters. The Morgan fingerprint density at radius 2 is 1.95 bits per heavy atom. The van der Waals surface area contributed by atoms with Crippen LogP contribution in [0.5, 0.6) is 0 Å². The molecule has 0 bridgehead atoms. The molecule has 19 heavy (non-hydrogen) atoms. The van der Waals surface area contributed by atoms with E-state index < -0.39 is 0 Å². The van der Waals surface area contributed by atoms with Crippen molar-refractivity contribution in [2.75, 3.05) is 7.11 Å². The predicted octanol–water partition coefficient (Wildman–Crippen LogP) is 4.42. The average Bonchev–Trinajstić information content (AvgIpc) is 2.46. The highest BCUT2D eigenvalue weighted by atomic mass is 35.5. The molecule has 2 rings (SSSR count). The van der Waals surface area contributed by atoms with E-state index in [9.17, 15) is 4.79 Å². The third kappa shape index (κ3) is 4.01. The number of benzene rings is 2. The van der Waals surface area contributed by atoms with E-state index in [1.54, 1.807) is 17.8 Å². The smallest absolute Gasteiger partial charge is 0.337 e. The minimum absolute atomic E-state index is 0.307. The van der Waals surface area contributed by atoms with Gasteiger partial charge in [0.2, 0.25) is 0 Å². The molecule has 0 N–H and O–H groups in total. The van der Waals surface area contributed by atoms with Gasteiger partial charge in [0.05, 0.1) is 12.7 Å². The highest BCUT2D eigenvalue weighted by Gasteiger charge is 2.05. The van der Waals surface area contributed by atoms with Gasteiger partial charge in [-0.25, -0.2) is 4.79 Å². The number of halogens is 1. The first kappa shape index (κ1) is 14.0. The predicted molar refractivity (Wildman–Crippen MR) is 78.8 cm³/mol. The van der Waals surface area contributed by atoms with Crippen molar-refractivity contribution in [2.24, 2.45) is 0 Å². The van der Waals surface area contributed by atoms with Gasteiger partial charge in [-0.1, -0.05) is 23.7 Å². The van der Waals surface area contributed by atoms with Crippen molar-refractivity contribution in [3.05, 3.63) is 64.7 Å². The van der Waals surface area contributed by atoms with E-state index in [4.69, 9.17) is 16.3 Å². The Morgan fingerprint density at radius 1 is 1.21 bits per heavy atom. The molecule has 2 aromatic carbocycles. The van der Waals surface area contributed by atoms with Crippen molar-refractivity contribution in [3.8, 4) is 0 Å². The van der Waals surface area contributed by atoms with Crippen LogP contribution in [0.25, 0.3) is 0 Å². The Labute approximate surface area is 121 Å². The standard InChI is InChI=1S/C15H13ClO2S/c1-18-15(17)12-4-2-3-11(9-12)10-19-14-7-5-13(16)6-8-14/h2-9H,10H2,1H3. The molecule has 0 heterocycles. The molecule has 0 atom stereocenters. The van der Waals surface area contributed by atoms with Gasteiger partial charge in [-0.3, -0.25) is 0 Å². The molecule has 0 saturated heterocycles. The fraction of sp³-hybridized carbons (Fsp3) is 0.133. The summed E-state index contributed by atoms with van der Waals surface area (Å²) in [5, 5.41) is 0.733. The van der Waals surface area contributed by atoms with Crippen LogP contribution in [0.15, 0.2) is 53.4 Å². The Balaban J connectivity index is 2.03. The average molecular weight is 293 g/mol. The zero-order chi connectivity index (χ0) is 13.7. The van der Waals surface area contributed by atoms with Gasteiger partial charge in [-0.05, 0) is 42.0 Å². The molecule has 98 valence electrons. The Bertz CT molecular complexity index is 567. The van der Waals surface area contributed by atoms with Crippen LogP contribution < -0.4 is 0 Å². The highest BCUT2D eigenvalue weighted by molar-refractivity contribution is 7.98. The molecule has 0 aliphatic carbocycles. The van der Waals surface area contributed by atoms with Gasteiger partial charge in [0.1, 0.15) is 0 Å². The third-order valence-electron chi connectivity index (χ3n) is 2.57. The fourth-order valence-electron chi connectivity index (χ4n) is 1.60. The molecule has 0 saturated carbocycles. The summed E-state index contributed by atoms with van der Waals surface area (Å²) < 4.78 is 4.71. The number of ether oxygens (including phenoxy) is 1. The monoisotopic (exact) mass is 292 g/mol. The van der Waals surface area contributed by atoms with E-state index in [-0.39, 0.29) is 5.97 Å². The van der Waals surface area contributed by atoms with Gasteiger partial charge in [0.15, 0.2) is 0 Å². The number of thioether (sulfide) groups is 1. The number of methoxy groups -OCH3 is 1. The van der Waals surface area contributed by atoms with Crippen LogP contribution in [0, 0.1) is 0 Å². The first-order chi connectivity index (χ1) is 9.19. The summed E-state index contributed by atoms with van der Waals surface area (Å²) in [6.45, 7) is 0. The lowest BCUT2D eigenvalue weighted by molar-refractivity contribution is 0.0600. The lowest BCUT2D eigenvalue weighted by Crippen LogP contribution is -2.01. The van der Waals surface area contributed by atoms with E-state index in [1.165, 1.54) is 7.11 Å². The summed E-state index contributed by atoms with van der Waals surface area (Å²) >= 11 is 7.54. The summed E-state index contributed by atoms with van der Waals surface area (Å²) in [6, 6.07) is 15.2. The van der Waals surface area contributed by atoms with Gasteiger partial charge in [0, 0.05) is 15.7 Å². The normalized spacial score (nSPS) is 10.2. The number of rotatable bonds is 4. The second kappa shape index (κ2) is 6.64. The second-order valence-electron chi connectivity index (χ2n) is 3.93. The van der Waals surface area contributed by atoms with Gasteiger partial charge >= 0.3 is 5.97 Å². The minimum Gasteiger partial charge on any atom is -0.465 e. The largest absolute Gasteiger partial charge is 0.465 e. The Hall–Kier alpha value is -1.45. The second-order valence-corrected chi connectivity index (χ2v) is 5.42. The van der Waals surface area contributed by atoms with Crippen molar-refractivity contribution in [1.29, 1.82) is 0 Å². The molecule has 0 aromatic heterocycles. The molecular formula is C15H13ClO2S. The van der Waals surface area contributed by atoms with Crippen molar-refractivity contribution < 1.29 is 9.53 Å². The molecule has 0 aliphatic rings. The van der Waals surface area contributed by atoms with Crippen molar-refractivity contribution in [2.45, 2.75) is 10.6 Å². The first-order valence-corrected chi connectivity index (χ1v) is 7.11. The minimum atomic E-state index is -0.307. The van der Waals surface area contributed by atoms with Gasteiger partial charge in [0.25, 0.3) is 0 Å². The van der Waals surface area contributed by atoms with E-state index in [0.717, 1.165) is 21.2 Å². The Kier molecular flexibility index (Phi) is 4.88. The molecule has 2 aromatic rings. The van der Waals surface area contributed by atoms with E-state index in [0.29, 0.717) is 5.56 Å².